The SMILES string of the molecule is CCN1CCN(c2ccc(C(=O)O)c([N+](=O)[O-])c2)CC1.Cl. The highest BCUT2D eigenvalue weighted by molar-refractivity contribution is 5.93. The van der Waals surface area contributed by atoms with Gasteiger partial charge in [0, 0.05) is 37.9 Å². The third kappa shape index (κ3) is 3.83. The van der Waals surface area contributed by atoms with Gasteiger partial charge in [-0.3, -0.25) is 10.1 Å². The first-order chi connectivity index (χ1) is 9.52. The van der Waals surface area contributed by atoms with Crippen LogP contribution in [0.1, 0.15) is 17.3 Å². The number of carbonyl (C=O) groups is 1. The van der Waals surface area contributed by atoms with E-state index in [9.17, 15) is 14.9 Å². The van der Waals surface area contributed by atoms with Gasteiger partial charge in [-0.2, -0.15) is 0 Å². The Kier molecular flexibility index (Phi) is 5.92. The molecule has 0 unspecified atom stereocenters. The molecule has 0 saturated carbocycles. The van der Waals surface area contributed by atoms with Gasteiger partial charge in [0.1, 0.15) is 5.56 Å². The van der Waals surface area contributed by atoms with Crippen molar-refractivity contribution >= 4 is 29.8 Å². The highest BCUT2D eigenvalue weighted by Crippen LogP contribution is 2.26. The molecule has 0 atom stereocenters. The summed E-state index contributed by atoms with van der Waals surface area (Å²) in [6.45, 7) is 6.49. The lowest BCUT2D eigenvalue weighted by Crippen LogP contribution is -2.46. The van der Waals surface area contributed by atoms with E-state index in [1.807, 2.05) is 4.90 Å². The van der Waals surface area contributed by atoms with Crippen LogP contribution in [0.5, 0.6) is 0 Å². The van der Waals surface area contributed by atoms with Crippen LogP contribution < -0.4 is 4.90 Å². The number of rotatable bonds is 4. The van der Waals surface area contributed by atoms with Crippen molar-refractivity contribution in [2.45, 2.75) is 6.92 Å². The summed E-state index contributed by atoms with van der Waals surface area (Å²) >= 11 is 0. The summed E-state index contributed by atoms with van der Waals surface area (Å²) in [5.74, 6) is -1.28. The average molecular weight is 316 g/mol. The molecule has 1 N–H and O–H groups in total. The number of piperazine rings is 1. The molecule has 0 bridgehead atoms. The number of hydrogen-bond acceptors (Lipinski definition) is 5. The Morgan fingerprint density at radius 1 is 1.33 bits per heavy atom. The van der Waals surface area contributed by atoms with Crippen LogP contribution in [-0.4, -0.2) is 53.6 Å². The van der Waals surface area contributed by atoms with E-state index in [4.69, 9.17) is 5.11 Å². The van der Waals surface area contributed by atoms with Crippen molar-refractivity contribution in [1.82, 2.24) is 4.90 Å². The van der Waals surface area contributed by atoms with E-state index >= 15 is 0 Å². The molecule has 1 aliphatic rings. The Balaban J connectivity index is 0.00000220. The smallest absolute Gasteiger partial charge is 0.342 e. The highest BCUT2D eigenvalue weighted by Gasteiger charge is 2.23. The van der Waals surface area contributed by atoms with Crippen molar-refractivity contribution in [3.63, 3.8) is 0 Å². The maximum Gasteiger partial charge on any atom is 0.342 e. The predicted octanol–water partition coefficient (Wildman–Crippen LogP) is 1.86. The van der Waals surface area contributed by atoms with Crippen molar-refractivity contribution in [2.75, 3.05) is 37.6 Å². The zero-order chi connectivity index (χ0) is 14.7. The number of nitro groups is 1. The molecule has 0 spiro atoms. The van der Waals surface area contributed by atoms with E-state index < -0.39 is 10.9 Å². The van der Waals surface area contributed by atoms with Crippen molar-refractivity contribution in [2.24, 2.45) is 0 Å². The van der Waals surface area contributed by atoms with E-state index in [1.165, 1.54) is 12.1 Å². The van der Waals surface area contributed by atoms with Gasteiger partial charge in [0.05, 0.1) is 4.92 Å². The van der Waals surface area contributed by atoms with Crippen LogP contribution in [0.2, 0.25) is 0 Å². The Hall–Kier alpha value is -1.86. The maximum absolute atomic E-state index is 11.0. The fourth-order valence-electron chi connectivity index (χ4n) is 2.37. The highest BCUT2D eigenvalue weighted by atomic mass is 35.5. The number of nitro benzene ring substituents is 1. The predicted molar refractivity (Wildman–Crippen MR) is 81.6 cm³/mol. The first-order valence-corrected chi connectivity index (χ1v) is 6.52. The molecule has 0 aliphatic carbocycles. The lowest BCUT2D eigenvalue weighted by atomic mass is 10.1. The Morgan fingerprint density at radius 2 is 1.95 bits per heavy atom. The standard InChI is InChI=1S/C13H17N3O4.ClH/c1-2-14-5-7-15(8-6-14)10-3-4-11(13(17)18)12(9-10)16(19)20;/h3-4,9H,2,5-8H2,1H3,(H,17,18);1H. The van der Waals surface area contributed by atoms with Crippen molar-refractivity contribution < 1.29 is 14.8 Å². The number of carboxylic acid groups (broad SMARTS) is 1. The second-order valence-electron chi connectivity index (χ2n) is 4.69. The number of carboxylic acids is 1. The lowest BCUT2D eigenvalue weighted by Gasteiger charge is -2.35. The Labute approximate surface area is 128 Å². The van der Waals surface area contributed by atoms with Crippen molar-refractivity contribution in [3.8, 4) is 0 Å². The quantitative estimate of drug-likeness (QED) is 0.674. The maximum atomic E-state index is 11.0. The fraction of sp³-hybridized carbons (Fsp3) is 0.462. The molecule has 8 heteroatoms. The van der Waals surface area contributed by atoms with Crippen LogP contribution in [0.3, 0.4) is 0 Å². The summed E-state index contributed by atoms with van der Waals surface area (Å²) in [6.07, 6.45) is 0. The molecule has 0 amide bonds. The van der Waals surface area contributed by atoms with Crippen LogP contribution in [0.4, 0.5) is 11.4 Å². The van der Waals surface area contributed by atoms with Gasteiger partial charge in [-0.15, -0.1) is 12.4 Å². The molecule has 7 nitrogen and oxygen atoms in total. The molecule has 21 heavy (non-hydrogen) atoms. The molecule has 1 aromatic rings. The molecule has 1 saturated heterocycles. The first-order valence-electron chi connectivity index (χ1n) is 6.52. The number of halogens is 1. The van der Waals surface area contributed by atoms with Crippen LogP contribution in [-0.2, 0) is 0 Å². The number of aromatic carboxylic acids is 1. The molecular formula is C13H18ClN3O4. The summed E-state index contributed by atoms with van der Waals surface area (Å²) in [7, 11) is 0. The summed E-state index contributed by atoms with van der Waals surface area (Å²) < 4.78 is 0. The minimum absolute atomic E-state index is 0. The average Bonchev–Trinajstić information content (AvgIpc) is 2.46. The molecule has 116 valence electrons. The first kappa shape index (κ1) is 17.2. The third-order valence-corrected chi connectivity index (χ3v) is 3.59. The van der Waals surface area contributed by atoms with Gasteiger partial charge in [-0.05, 0) is 18.7 Å². The molecule has 1 aliphatic heterocycles. The molecule has 0 aromatic heterocycles. The van der Waals surface area contributed by atoms with Crippen LogP contribution in [0.15, 0.2) is 18.2 Å². The monoisotopic (exact) mass is 315 g/mol. The van der Waals surface area contributed by atoms with Gasteiger partial charge in [0.15, 0.2) is 0 Å². The summed E-state index contributed by atoms with van der Waals surface area (Å²) in [5.41, 5.74) is 0.0799. The largest absolute Gasteiger partial charge is 0.477 e. The van der Waals surface area contributed by atoms with Crippen LogP contribution in [0.25, 0.3) is 0 Å². The van der Waals surface area contributed by atoms with Gasteiger partial charge >= 0.3 is 5.97 Å². The van der Waals surface area contributed by atoms with Crippen LogP contribution in [0, 0.1) is 10.1 Å². The Morgan fingerprint density at radius 3 is 2.43 bits per heavy atom. The second kappa shape index (κ2) is 7.24. The molecule has 1 heterocycles. The number of hydrogen-bond donors (Lipinski definition) is 1. The van der Waals surface area contributed by atoms with Gasteiger partial charge in [-0.25, -0.2) is 4.79 Å². The van der Waals surface area contributed by atoms with Gasteiger partial charge in [-0.1, -0.05) is 6.92 Å². The molecule has 0 radical (unpaired) electrons. The van der Waals surface area contributed by atoms with Gasteiger partial charge < -0.3 is 14.9 Å². The van der Waals surface area contributed by atoms with E-state index in [0.717, 1.165) is 32.7 Å². The number of nitrogens with zero attached hydrogens (tertiary/aromatic N) is 3. The second-order valence-corrected chi connectivity index (χ2v) is 4.69. The molecular weight excluding hydrogens is 298 g/mol. The topological polar surface area (TPSA) is 86.9 Å². The normalized spacial score (nSPS) is 15.4. The summed E-state index contributed by atoms with van der Waals surface area (Å²) in [4.78, 5) is 25.7. The third-order valence-electron chi connectivity index (χ3n) is 3.59. The van der Waals surface area contributed by atoms with E-state index in [2.05, 4.69) is 11.8 Å². The molecule has 1 aromatic carbocycles. The summed E-state index contributed by atoms with van der Waals surface area (Å²) in [6, 6.07) is 4.30. The number of benzene rings is 1. The number of likely N-dealkylation sites (N-methyl/N-ethyl adjacent to an activating group) is 1. The Bertz CT molecular complexity index is 530. The molecule has 1 fully saturated rings. The minimum atomic E-state index is -1.28. The zero-order valence-electron chi connectivity index (χ0n) is 11.7. The van der Waals surface area contributed by atoms with Gasteiger partial charge in [0.25, 0.3) is 5.69 Å². The lowest BCUT2D eigenvalue weighted by molar-refractivity contribution is -0.385. The molecule has 2 rings (SSSR count). The van der Waals surface area contributed by atoms with Crippen molar-refractivity contribution in [3.05, 3.63) is 33.9 Å². The van der Waals surface area contributed by atoms with Crippen molar-refractivity contribution in [1.29, 1.82) is 0 Å². The van der Waals surface area contributed by atoms with E-state index in [0.29, 0.717) is 5.69 Å². The van der Waals surface area contributed by atoms with Gasteiger partial charge in [0.2, 0.25) is 0 Å². The summed E-state index contributed by atoms with van der Waals surface area (Å²) in [5, 5.41) is 19.9. The van der Waals surface area contributed by atoms with Crippen LogP contribution >= 0.6 is 12.4 Å². The van der Waals surface area contributed by atoms with E-state index in [1.54, 1.807) is 6.07 Å². The zero-order valence-corrected chi connectivity index (χ0v) is 12.5. The minimum Gasteiger partial charge on any atom is -0.477 e. The fourth-order valence-corrected chi connectivity index (χ4v) is 2.37. The van der Waals surface area contributed by atoms with E-state index in [-0.39, 0.29) is 23.7 Å². The number of anilines is 1.